The number of carbonyl (C=O) groups excluding carboxylic acids is 2. The molecule has 5 rings (SSSR count). The van der Waals surface area contributed by atoms with Gasteiger partial charge in [0.25, 0.3) is 11.8 Å². The lowest BCUT2D eigenvalue weighted by Gasteiger charge is -2.27. The van der Waals surface area contributed by atoms with Gasteiger partial charge in [-0.25, -0.2) is 10.2 Å². The Hall–Kier alpha value is -4.84. The highest BCUT2D eigenvalue weighted by Gasteiger charge is 2.27. The van der Waals surface area contributed by atoms with Crippen molar-refractivity contribution in [3.8, 4) is 22.5 Å². The Morgan fingerprint density at radius 2 is 1.70 bits per heavy atom. The molecule has 1 heterocycles. The van der Waals surface area contributed by atoms with E-state index in [9.17, 15) is 19.1 Å². The van der Waals surface area contributed by atoms with Gasteiger partial charge < -0.3 is 24.9 Å². The number of nitrogens with one attached hydrogen (secondary N) is 1. The summed E-state index contributed by atoms with van der Waals surface area (Å²) in [6.07, 6.45) is 1.92. The van der Waals surface area contributed by atoms with Crippen LogP contribution in [-0.4, -0.2) is 48.9 Å². The van der Waals surface area contributed by atoms with E-state index < -0.39 is 17.8 Å². The van der Waals surface area contributed by atoms with Crippen LogP contribution in [0.3, 0.4) is 0 Å². The minimum Gasteiger partial charge on any atom is -0.455 e. The molecule has 1 unspecified atom stereocenters. The molecule has 44 heavy (non-hydrogen) atoms. The Balaban J connectivity index is 1.67. The van der Waals surface area contributed by atoms with Crippen molar-refractivity contribution >= 4 is 46.1 Å². The van der Waals surface area contributed by atoms with Crippen LogP contribution < -0.4 is 21.2 Å². The summed E-state index contributed by atoms with van der Waals surface area (Å²) in [6.45, 7) is -0.385. The first kappa shape index (κ1) is 30.6. The van der Waals surface area contributed by atoms with Gasteiger partial charge in [0, 0.05) is 48.6 Å². The zero-order valence-corrected chi connectivity index (χ0v) is 25.2. The molecule has 11 heteroatoms. The number of aliphatic hydroxyl groups excluding tert-OH is 1. The smallest absolute Gasteiger partial charge is 0.270 e. The SMILES string of the molecule is CNC(=O)c1c(-c2ccc(F)cc2)oc2cc(N(C)SC)c(-c3ccc(N)c(C(=O)N(N)C(CO)c4ccccc4)c3)cc12. The number of halogens is 1. The molecule has 6 N–H and O–H groups in total. The van der Waals surface area contributed by atoms with Crippen LogP contribution in [0, 0.1) is 5.82 Å². The molecule has 2 amide bonds. The van der Waals surface area contributed by atoms with Gasteiger partial charge in [-0.1, -0.05) is 48.3 Å². The third-order valence-electron chi connectivity index (χ3n) is 7.50. The van der Waals surface area contributed by atoms with Crippen molar-refractivity contribution in [3.05, 3.63) is 107 Å². The molecular formula is C33H32FN5O4S. The maximum atomic E-state index is 13.7. The minimum absolute atomic E-state index is 0.156. The Morgan fingerprint density at radius 3 is 2.34 bits per heavy atom. The second kappa shape index (κ2) is 12.8. The number of furan rings is 1. The maximum absolute atomic E-state index is 13.7. The van der Waals surface area contributed by atoms with Crippen molar-refractivity contribution in [2.75, 3.05) is 37.0 Å². The summed E-state index contributed by atoms with van der Waals surface area (Å²) in [5.74, 6) is 5.24. The highest BCUT2D eigenvalue weighted by atomic mass is 32.2. The number of aliphatic hydroxyl groups is 1. The molecule has 0 aliphatic carbocycles. The monoisotopic (exact) mass is 613 g/mol. The van der Waals surface area contributed by atoms with Crippen molar-refractivity contribution in [2.45, 2.75) is 6.04 Å². The minimum atomic E-state index is -0.785. The summed E-state index contributed by atoms with van der Waals surface area (Å²) in [5, 5.41) is 14.3. The fourth-order valence-corrected chi connectivity index (χ4v) is 5.44. The van der Waals surface area contributed by atoms with E-state index in [1.807, 2.05) is 35.8 Å². The highest BCUT2D eigenvalue weighted by Crippen LogP contribution is 2.42. The Morgan fingerprint density at radius 1 is 1.02 bits per heavy atom. The van der Waals surface area contributed by atoms with E-state index in [4.69, 9.17) is 16.0 Å². The van der Waals surface area contributed by atoms with Gasteiger partial charge in [0.1, 0.15) is 17.2 Å². The molecule has 1 aromatic heterocycles. The summed E-state index contributed by atoms with van der Waals surface area (Å²) in [7, 11) is 3.41. The first-order chi connectivity index (χ1) is 21.2. The zero-order chi connectivity index (χ0) is 31.5. The number of anilines is 2. The number of nitrogens with two attached hydrogens (primary N) is 2. The molecule has 0 aliphatic heterocycles. The van der Waals surface area contributed by atoms with Crippen LogP contribution in [0.15, 0.2) is 89.3 Å². The van der Waals surface area contributed by atoms with E-state index in [1.165, 1.54) is 31.1 Å². The summed E-state index contributed by atoms with van der Waals surface area (Å²) < 4.78 is 21.9. The molecule has 0 saturated heterocycles. The third-order valence-corrected chi connectivity index (χ3v) is 8.25. The molecule has 0 aliphatic rings. The van der Waals surface area contributed by atoms with E-state index in [1.54, 1.807) is 54.6 Å². The number of nitrogens with zero attached hydrogens (tertiary/aromatic N) is 2. The average molecular weight is 614 g/mol. The van der Waals surface area contributed by atoms with E-state index in [0.29, 0.717) is 44.5 Å². The number of rotatable bonds is 9. The molecule has 1 atom stereocenters. The van der Waals surface area contributed by atoms with Crippen LogP contribution in [0.25, 0.3) is 33.4 Å². The molecule has 0 saturated carbocycles. The van der Waals surface area contributed by atoms with E-state index in [0.717, 1.165) is 10.7 Å². The fourth-order valence-electron chi connectivity index (χ4n) is 5.10. The molecule has 0 fully saturated rings. The molecular weight excluding hydrogens is 581 g/mol. The standard InChI is InChI=1S/C33H32FN5O4S/c1-37-32(41)30-25-16-23(27(38(2)44-3)17-29(25)43-31(30)20-9-12-22(34)13-10-20)21-11-14-26(35)24(15-21)33(42)39(36)28(18-40)19-7-5-4-6-8-19/h4-17,28,40H,18,35-36H2,1-3H3,(H,37,41). The van der Waals surface area contributed by atoms with E-state index >= 15 is 0 Å². The normalized spacial score (nSPS) is 11.8. The molecule has 226 valence electrons. The van der Waals surface area contributed by atoms with Gasteiger partial charge in [0.2, 0.25) is 0 Å². The van der Waals surface area contributed by atoms with Crippen LogP contribution in [0.2, 0.25) is 0 Å². The highest BCUT2D eigenvalue weighted by molar-refractivity contribution is 7.99. The number of amides is 2. The van der Waals surface area contributed by atoms with Crippen LogP contribution in [0.1, 0.15) is 32.3 Å². The van der Waals surface area contributed by atoms with Crippen molar-refractivity contribution in [2.24, 2.45) is 5.84 Å². The van der Waals surface area contributed by atoms with E-state index in [-0.39, 0.29) is 23.8 Å². The van der Waals surface area contributed by atoms with Gasteiger partial charge in [-0.2, -0.15) is 0 Å². The number of hydrogen-bond acceptors (Lipinski definition) is 8. The van der Waals surface area contributed by atoms with Crippen molar-refractivity contribution in [1.82, 2.24) is 10.3 Å². The van der Waals surface area contributed by atoms with Crippen LogP contribution in [-0.2, 0) is 0 Å². The van der Waals surface area contributed by atoms with Gasteiger partial charge >= 0.3 is 0 Å². The lowest BCUT2D eigenvalue weighted by atomic mass is 9.96. The number of hydrogen-bond donors (Lipinski definition) is 4. The van der Waals surface area contributed by atoms with Crippen molar-refractivity contribution in [1.29, 1.82) is 0 Å². The number of benzene rings is 4. The summed E-state index contributed by atoms with van der Waals surface area (Å²) >= 11 is 1.46. The lowest BCUT2D eigenvalue weighted by Crippen LogP contribution is -2.42. The Bertz CT molecular complexity index is 1830. The fraction of sp³-hybridized carbons (Fsp3) is 0.152. The van der Waals surface area contributed by atoms with Crippen LogP contribution in [0.5, 0.6) is 0 Å². The predicted molar refractivity (Wildman–Crippen MR) is 173 cm³/mol. The molecule has 0 spiro atoms. The lowest BCUT2D eigenvalue weighted by molar-refractivity contribution is 0.0590. The van der Waals surface area contributed by atoms with E-state index in [2.05, 4.69) is 5.32 Å². The second-order valence-electron chi connectivity index (χ2n) is 10.1. The zero-order valence-electron chi connectivity index (χ0n) is 24.4. The average Bonchev–Trinajstić information content (AvgIpc) is 3.43. The maximum Gasteiger partial charge on any atom is 0.270 e. The van der Waals surface area contributed by atoms with Gasteiger partial charge in [-0.15, -0.1) is 0 Å². The van der Waals surface area contributed by atoms with Gasteiger partial charge in [0.05, 0.1) is 29.5 Å². The van der Waals surface area contributed by atoms with Gasteiger partial charge in [-0.05, 0) is 53.6 Å². The number of hydrazine groups is 1. The molecule has 0 bridgehead atoms. The molecule has 9 nitrogen and oxygen atoms in total. The number of nitrogen functional groups attached to an aromatic ring is 1. The molecule has 4 aromatic carbocycles. The van der Waals surface area contributed by atoms with Crippen molar-refractivity contribution < 1.29 is 23.5 Å². The van der Waals surface area contributed by atoms with Crippen LogP contribution in [0.4, 0.5) is 15.8 Å². The molecule has 5 aromatic rings. The molecule has 0 radical (unpaired) electrons. The first-order valence-corrected chi connectivity index (χ1v) is 14.9. The van der Waals surface area contributed by atoms with Gasteiger partial charge in [-0.3, -0.25) is 14.6 Å². The first-order valence-electron chi connectivity index (χ1n) is 13.7. The quantitative estimate of drug-likeness (QED) is 0.0553. The summed E-state index contributed by atoms with van der Waals surface area (Å²) in [5.41, 5.74) is 10.7. The largest absolute Gasteiger partial charge is 0.455 e. The Kier molecular flexibility index (Phi) is 8.91. The summed E-state index contributed by atoms with van der Waals surface area (Å²) in [4.78, 5) is 26.9. The van der Waals surface area contributed by atoms with Crippen LogP contribution >= 0.6 is 11.9 Å². The second-order valence-corrected chi connectivity index (χ2v) is 11.0. The number of fused-ring (bicyclic) bond motifs is 1. The summed E-state index contributed by atoms with van der Waals surface area (Å²) in [6, 6.07) is 22.7. The Labute approximate surface area is 258 Å². The van der Waals surface area contributed by atoms with Gasteiger partial charge in [0.15, 0.2) is 0 Å². The topological polar surface area (TPSA) is 138 Å². The number of carbonyl (C=O) groups is 2. The predicted octanol–water partition coefficient (Wildman–Crippen LogP) is 5.61. The third kappa shape index (κ3) is 5.72. The van der Waals surface area contributed by atoms with Crippen molar-refractivity contribution in [3.63, 3.8) is 0 Å².